The van der Waals surface area contributed by atoms with Gasteiger partial charge in [0.05, 0.1) is 6.21 Å². The summed E-state index contributed by atoms with van der Waals surface area (Å²) < 4.78 is 11.2. The fourth-order valence-corrected chi connectivity index (χ4v) is 2.81. The third-order valence-corrected chi connectivity index (χ3v) is 4.56. The molecule has 1 amide bonds. The van der Waals surface area contributed by atoms with Gasteiger partial charge in [0.25, 0.3) is 5.91 Å². The maximum Gasteiger partial charge on any atom is 0.277 e. The van der Waals surface area contributed by atoms with Gasteiger partial charge in [-0.1, -0.05) is 41.4 Å². The zero-order valence-corrected chi connectivity index (χ0v) is 16.7. The van der Waals surface area contributed by atoms with Crippen molar-refractivity contribution in [3.05, 3.63) is 76.0 Å². The van der Waals surface area contributed by atoms with Crippen molar-refractivity contribution in [3.63, 3.8) is 0 Å². The number of ether oxygens (including phenoxy) is 1. The quantitative estimate of drug-likeness (QED) is 0.468. The van der Waals surface area contributed by atoms with Crippen LogP contribution in [-0.4, -0.2) is 18.7 Å². The van der Waals surface area contributed by atoms with Gasteiger partial charge in [0.1, 0.15) is 17.3 Å². The molecule has 1 N–H and O–H groups in total. The van der Waals surface area contributed by atoms with Crippen LogP contribution in [0, 0.1) is 20.8 Å². The van der Waals surface area contributed by atoms with Crippen LogP contribution in [0.5, 0.6) is 5.75 Å². The Hall–Kier alpha value is -3.05. The number of amides is 1. The van der Waals surface area contributed by atoms with Crippen LogP contribution >= 0.6 is 11.6 Å². The summed E-state index contributed by atoms with van der Waals surface area (Å²) in [5.41, 5.74) is 6.43. The Morgan fingerprint density at radius 3 is 2.68 bits per heavy atom. The lowest BCUT2D eigenvalue weighted by Crippen LogP contribution is -2.24. The fourth-order valence-electron chi connectivity index (χ4n) is 2.63. The summed E-state index contributed by atoms with van der Waals surface area (Å²) >= 11 is 6.15. The number of furan rings is 1. The molecule has 0 aliphatic rings. The van der Waals surface area contributed by atoms with E-state index in [9.17, 15) is 4.79 Å². The molecule has 0 unspecified atom stereocenters. The van der Waals surface area contributed by atoms with Gasteiger partial charge in [-0.05, 0) is 56.2 Å². The van der Waals surface area contributed by atoms with Crippen LogP contribution in [0.15, 0.2) is 58.0 Å². The Balaban J connectivity index is 1.53. The van der Waals surface area contributed by atoms with Crippen molar-refractivity contribution < 1.29 is 13.9 Å². The van der Waals surface area contributed by atoms with Crippen LogP contribution in [0.25, 0.3) is 11.3 Å². The number of carbonyl (C=O) groups is 1. The first-order chi connectivity index (χ1) is 13.4. The molecule has 28 heavy (non-hydrogen) atoms. The minimum atomic E-state index is -0.353. The van der Waals surface area contributed by atoms with Crippen LogP contribution in [0.2, 0.25) is 5.02 Å². The van der Waals surface area contributed by atoms with Gasteiger partial charge in [0, 0.05) is 10.6 Å². The highest BCUT2D eigenvalue weighted by atomic mass is 35.5. The van der Waals surface area contributed by atoms with E-state index in [1.54, 1.807) is 6.07 Å². The largest absolute Gasteiger partial charge is 0.483 e. The summed E-state index contributed by atoms with van der Waals surface area (Å²) in [5.74, 6) is 1.51. The average molecular weight is 397 g/mol. The van der Waals surface area contributed by atoms with Gasteiger partial charge in [-0.15, -0.1) is 0 Å². The Morgan fingerprint density at radius 2 is 1.93 bits per heavy atom. The van der Waals surface area contributed by atoms with Gasteiger partial charge >= 0.3 is 0 Å². The van der Waals surface area contributed by atoms with Gasteiger partial charge in [-0.25, -0.2) is 5.43 Å². The average Bonchev–Trinajstić information content (AvgIpc) is 3.12. The number of hydrogen-bond donors (Lipinski definition) is 1. The van der Waals surface area contributed by atoms with Crippen LogP contribution < -0.4 is 10.2 Å². The first-order valence-corrected chi connectivity index (χ1v) is 9.18. The number of halogens is 1. The monoisotopic (exact) mass is 396 g/mol. The Kier molecular flexibility index (Phi) is 6.16. The second-order valence-electron chi connectivity index (χ2n) is 6.52. The van der Waals surface area contributed by atoms with E-state index in [0.29, 0.717) is 22.3 Å². The predicted molar refractivity (Wildman–Crippen MR) is 111 cm³/mol. The van der Waals surface area contributed by atoms with Crippen molar-refractivity contribution in [2.75, 3.05) is 6.61 Å². The normalized spacial score (nSPS) is 11.0. The van der Waals surface area contributed by atoms with E-state index in [-0.39, 0.29) is 12.5 Å². The first-order valence-electron chi connectivity index (χ1n) is 8.80. The van der Waals surface area contributed by atoms with E-state index in [1.807, 2.05) is 63.2 Å². The zero-order chi connectivity index (χ0) is 20.1. The third-order valence-electron chi connectivity index (χ3n) is 4.15. The van der Waals surface area contributed by atoms with Crippen LogP contribution in [0.4, 0.5) is 0 Å². The van der Waals surface area contributed by atoms with Crippen molar-refractivity contribution in [1.82, 2.24) is 5.43 Å². The number of carbonyl (C=O) groups excluding carboxylic acids is 1. The lowest BCUT2D eigenvalue weighted by atomic mass is 10.1. The van der Waals surface area contributed by atoms with Crippen molar-refractivity contribution in [2.24, 2.45) is 5.10 Å². The molecule has 144 valence electrons. The van der Waals surface area contributed by atoms with Gasteiger partial charge < -0.3 is 9.15 Å². The van der Waals surface area contributed by atoms with Crippen molar-refractivity contribution in [2.45, 2.75) is 20.8 Å². The molecule has 0 saturated carbocycles. The Morgan fingerprint density at radius 1 is 1.11 bits per heavy atom. The SMILES string of the molecule is Cc1ccc(OCC(=O)NN=Cc2ccc(-c3ccc(C)c(Cl)c3)o2)c(C)c1. The van der Waals surface area contributed by atoms with Gasteiger partial charge in [0.15, 0.2) is 6.61 Å². The van der Waals surface area contributed by atoms with E-state index in [2.05, 4.69) is 10.5 Å². The summed E-state index contributed by atoms with van der Waals surface area (Å²) in [6.45, 7) is 5.77. The van der Waals surface area contributed by atoms with E-state index < -0.39 is 0 Å². The number of nitrogens with one attached hydrogen (secondary N) is 1. The molecule has 3 rings (SSSR count). The molecule has 0 atom stereocenters. The maximum atomic E-state index is 11.9. The second-order valence-corrected chi connectivity index (χ2v) is 6.92. The molecule has 5 nitrogen and oxygen atoms in total. The fraction of sp³-hybridized carbons (Fsp3) is 0.182. The summed E-state index contributed by atoms with van der Waals surface area (Å²) in [7, 11) is 0. The van der Waals surface area contributed by atoms with Crippen molar-refractivity contribution >= 4 is 23.7 Å². The first kappa shape index (κ1) is 19.7. The molecule has 0 aliphatic heterocycles. The summed E-state index contributed by atoms with van der Waals surface area (Å²) in [6.07, 6.45) is 1.44. The van der Waals surface area contributed by atoms with E-state index in [1.165, 1.54) is 6.21 Å². The number of aryl methyl sites for hydroxylation is 3. The molecule has 0 spiro atoms. The molecule has 0 radical (unpaired) electrons. The lowest BCUT2D eigenvalue weighted by Gasteiger charge is -2.08. The van der Waals surface area contributed by atoms with Crippen LogP contribution in [-0.2, 0) is 4.79 Å². The van der Waals surface area contributed by atoms with E-state index in [0.717, 1.165) is 22.3 Å². The van der Waals surface area contributed by atoms with E-state index in [4.69, 9.17) is 20.8 Å². The zero-order valence-electron chi connectivity index (χ0n) is 16.0. The number of hydrogen-bond acceptors (Lipinski definition) is 4. The second kappa shape index (κ2) is 8.76. The van der Waals surface area contributed by atoms with Gasteiger partial charge in [-0.2, -0.15) is 5.10 Å². The van der Waals surface area contributed by atoms with Gasteiger partial charge in [-0.3, -0.25) is 4.79 Å². The molecule has 3 aromatic rings. The highest BCUT2D eigenvalue weighted by Crippen LogP contribution is 2.26. The lowest BCUT2D eigenvalue weighted by molar-refractivity contribution is -0.123. The highest BCUT2D eigenvalue weighted by molar-refractivity contribution is 6.31. The number of rotatable bonds is 6. The highest BCUT2D eigenvalue weighted by Gasteiger charge is 2.07. The topological polar surface area (TPSA) is 63.8 Å². The van der Waals surface area contributed by atoms with Crippen LogP contribution in [0.1, 0.15) is 22.5 Å². The molecular formula is C22H21ClN2O3. The molecule has 6 heteroatoms. The summed E-state index contributed by atoms with van der Waals surface area (Å²) in [5, 5.41) is 4.59. The smallest absolute Gasteiger partial charge is 0.277 e. The predicted octanol–water partition coefficient (Wildman–Crippen LogP) is 5.05. The molecular weight excluding hydrogens is 376 g/mol. The molecule has 2 aromatic carbocycles. The number of hydrazone groups is 1. The molecule has 0 aliphatic carbocycles. The molecule has 0 fully saturated rings. The number of nitrogens with zero attached hydrogens (tertiary/aromatic N) is 1. The van der Waals surface area contributed by atoms with Gasteiger partial charge in [0.2, 0.25) is 0 Å². The van der Waals surface area contributed by atoms with E-state index >= 15 is 0 Å². The minimum absolute atomic E-state index is 0.119. The third kappa shape index (κ3) is 5.02. The summed E-state index contributed by atoms with van der Waals surface area (Å²) in [6, 6.07) is 15.1. The molecule has 1 aromatic heterocycles. The van der Waals surface area contributed by atoms with Crippen LogP contribution in [0.3, 0.4) is 0 Å². The van der Waals surface area contributed by atoms with Crippen molar-refractivity contribution in [1.29, 1.82) is 0 Å². The Labute approximate surface area is 169 Å². The van der Waals surface area contributed by atoms with Crippen molar-refractivity contribution in [3.8, 4) is 17.1 Å². The maximum absolute atomic E-state index is 11.9. The standard InChI is InChI=1S/C22H21ClN2O3/c1-14-4-8-20(16(3)10-14)27-13-22(26)25-24-12-18-7-9-21(28-18)17-6-5-15(2)19(23)11-17/h4-12H,13H2,1-3H3,(H,25,26). The minimum Gasteiger partial charge on any atom is -0.483 e. The molecule has 1 heterocycles. The Bertz CT molecular complexity index is 1020. The molecule has 0 bridgehead atoms. The molecule has 0 saturated heterocycles. The number of benzene rings is 2. The summed E-state index contributed by atoms with van der Waals surface area (Å²) in [4.78, 5) is 11.9.